The van der Waals surface area contributed by atoms with Gasteiger partial charge in [0, 0.05) is 29.7 Å². The molecule has 5 aromatic rings. The summed E-state index contributed by atoms with van der Waals surface area (Å²) in [5, 5.41) is 7.39. The van der Waals surface area contributed by atoms with Gasteiger partial charge in [0.25, 0.3) is 5.91 Å². The van der Waals surface area contributed by atoms with Crippen LogP contribution in [-0.4, -0.2) is 36.5 Å². The number of pyridine rings is 1. The Bertz CT molecular complexity index is 1550. The van der Waals surface area contributed by atoms with Crippen LogP contribution in [0.5, 0.6) is 0 Å². The highest BCUT2D eigenvalue weighted by Crippen LogP contribution is 2.27. The number of nitrogens with one attached hydrogen (secondary N) is 1. The van der Waals surface area contributed by atoms with E-state index in [4.69, 9.17) is 5.73 Å². The van der Waals surface area contributed by atoms with Crippen LogP contribution in [0.1, 0.15) is 26.3 Å². The Balaban J connectivity index is 1.59. The highest BCUT2D eigenvalue weighted by atomic mass is 19.1. The van der Waals surface area contributed by atoms with Gasteiger partial charge in [-0.15, -0.1) is 0 Å². The van der Waals surface area contributed by atoms with Crippen LogP contribution in [0, 0.1) is 0 Å². The maximum atomic E-state index is 13.6. The zero-order valence-corrected chi connectivity index (χ0v) is 18.2. The van der Waals surface area contributed by atoms with Gasteiger partial charge in [0.15, 0.2) is 11.6 Å². The lowest BCUT2D eigenvalue weighted by atomic mass is 10.0. The van der Waals surface area contributed by atoms with Crippen molar-refractivity contribution in [1.82, 2.24) is 24.7 Å². The van der Waals surface area contributed by atoms with Gasteiger partial charge >= 0.3 is 0 Å². The Labute approximate surface area is 198 Å². The van der Waals surface area contributed by atoms with E-state index in [0.29, 0.717) is 39.5 Å². The van der Waals surface area contributed by atoms with E-state index < -0.39 is 18.5 Å². The summed E-state index contributed by atoms with van der Waals surface area (Å²) in [5.41, 5.74) is 8.07. The molecule has 0 fully saturated rings. The van der Waals surface area contributed by atoms with Crippen LogP contribution in [0.4, 0.5) is 10.2 Å². The number of benzene rings is 2. The fraction of sp³-hybridized carbons (Fsp3) is 0.0400. The van der Waals surface area contributed by atoms with Crippen molar-refractivity contribution in [2.75, 3.05) is 5.32 Å². The third-order valence-electron chi connectivity index (χ3n) is 5.35. The van der Waals surface area contributed by atoms with Crippen LogP contribution in [0.2, 0.25) is 0 Å². The summed E-state index contributed by atoms with van der Waals surface area (Å²) in [5.74, 6) is -0.482. The highest BCUT2D eigenvalue weighted by Gasteiger charge is 2.20. The minimum absolute atomic E-state index is 0.197. The summed E-state index contributed by atoms with van der Waals surface area (Å²) in [6.45, 7) is -0.729. The quantitative estimate of drug-likeness (QED) is 0.392. The Morgan fingerprint density at radius 2 is 1.71 bits per heavy atom. The maximum absolute atomic E-state index is 13.6. The molecule has 0 saturated carbocycles. The number of carbonyl (C=O) groups is 2. The standard InChI is InChI=1S/C25H18FN7O2/c26-13-16-8-7-15(11-19(16)23-28-9-4-10-29-23)25(35)31-24-21-20(12-17(14-30-21)22(27)34)32-33(24)18-5-2-1-3-6-18/h1-12,14H,13H2,(H2,27,34)(H,31,35). The van der Waals surface area contributed by atoms with E-state index in [0.717, 1.165) is 0 Å². The van der Waals surface area contributed by atoms with E-state index in [2.05, 4.69) is 25.4 Å². The number of para-hydroxylation sites is 1. The molecule has 0 radical (unpaired) electrons. The third-order valence-corrected chi connectivity index (χ3v) is 5.35. The van der Waals surface area contributed by atoms with Crippen molar-refractivity contribution in [3.8, 4) is 17.1 Å². The van der Waals surface area contributed by atoms with Crippen molar-refractivity contribution in [1.29, 1.82) is 0 Å². The average molecular weight is 467 g/mol. The van der Waals surface area contributed by atoms with E-state index in [-0.39, 0.29) is 11.1 Å². The second kappa shape index (κ2) is 9.10. The van der Waals surface area contributed by atoms with Gasteiger partial charge in [0.2, 0.25) is 5.91 Å². The van der Waals surface area contributed by atoms with Crippen LogP contribution in [0.15, 0.2) is 79.3 Å². The summed E-state index contributed by atoms with van der Waals surface area (Å²) in [6, 6.07) is 16.9. The summed E-state index contributed by atoms with van der Waals surface area (Å²) < 4.78 is 15.1. The molecule has 0 unspecified atom stereocenters. The number of alkyl halides is 1. The molecule has 0 spiro atoms. The van der Waals surface area contributed by atoms with Gasteiger partial charge in [-0.25, -0.2) is 24.0 Å². The molecule has 0 bridgehead atoms. The van der Waals surface area contributed by atoms with Crippen LogP contribution in [0.25, 0.3) is 28.1 Å². The van der Waals surface area contributed by atoms with Crippen molar-refractivity contribution in [2.24, 2.45) is 5.73 Å². The molecular formula is C25H18FN7O2. The van der Waals surface area contributed by atoms with Crippen LogP contribution in [0.3, 0.4) is 0 Å². The molecule has 3 heterocycles. The Morgan fingerprint density at radius 1 is 0.943 bits per heavy atom. The molecule has 10 heteroatoms. The number of rotatable bonds is 6. The summed E-state index contributed by atoms with van der Waals surface area (Å²) in [6.07, 6.45) is 4.43. The molecule has 35 heavy (non-hydrogen) atoms. The van der Waals surface area contributed by atoms with Gasteiger partial charge in [-0.2, -0.15) is 5.10 Å². The largest absolute Gasteiger partial charge is 0.366 e. The number of fused-ring (bicyclic) bond motifs is 1. The lowest BCUT2D eigenvalue weighted by Gasteiger charge is -2.11. The number of primary amides is 1. The van der Waals surface area contributed by atoms with Crippen molar-refractivity contribution < 1.29 is 14.0 Å². The number of anilines is 1. The molecule has 5 rings (SSSR count). The molecule has 172 valence electrons. The topological polar surface area (TPSA) is 129 Å². The number of nitrogens with two attached hydrogens (primary N) is 1. The Morgan fingerprint density at radius 3 is 2.43 bits per heavy atom. The summed E-state index contributed by atoms with van der Waals surface area (Å²) in [7, 11) is 0. The van der Waals surface area contributed by atoms with E-state index in [1.807, 2.05) is 30.3 Å². The van der Waals surface area contributed by atoms with Gasteiger partial charge in [-0.05, 0) is 42.0 Å². The number of amides is 2. The van der Waals surface area contributed by atoms with E-state index in [9.17, 15) is 14.0 Å². The van der Waals surface area contributed by atoms with Crippen molar-refractivity contribution in [2.45, 2.75) is 6.67 Å². The predicted octanol–water partition coefficient (Wildman–Crippen LogP) is 3.70. The summed E-state index contributed by atoms with van der Waals surface area (Å²) >= 11 is 0. The van der Waals surface area contributed by atoms with Crippen LogP contribution >= 0.6 is 0 Å². The molecule has 9 nitrogen and oxygen atoms in total. The summed E-state index contributed by atoms with van der Waals surface area (Å²) in [4.78, 5) is 37.6. The number of hydrogen-bond donors (Lipinski definition) is 2. The van der Waals surface area contributed by atoms with E-state index >= 15 is 0 Å². The average Bonchev–Trinajstić information content (AvgIpc) is 3.26. The molecule has 2 aromatic carbocycles. The first kappa shape index (κ1) is 21.8. The minimum atomic E-state index is -0.729. The third kappa shape index (κ3) is 4.20. The van der Waals surface area contributed by atoms with Crippen LogP contribution < -0.4 is 11.1 Å². The monoisotopic (exact) mass is 467 g/mol. The minimum Gasteiger partial charge on any atom is -0.366 e. The highest BCUT2D eigenvalue weighted by molar-refractivity contribution is 6.08. The first-order valence-electron chi connectivity index (χ1n) is 10.6. The van der Waals surface area contributed by atoms with Crippen molar-refractivity contribution in [3.05, 3.63) is 95.9 Å². The van der Waals surface area contributed by atoms with Crippen molar-refractivity contribution >= 4 is 28.7 Å². The number of halogens is 1. The fourth-order valence-electron chi connectivity index (χ4n) is 3.63. The molecule has 0 aliphatic carbocycles. The lowest BCUT2D eigenvalue weighted by Crippen LogP contribution is -2.16. The number of carbonyl (C=O) groups excluding carboxylic acids is 2. The SMILES string of the molecule is NC(=O)c1cnc2c(NC(=O)c3ccc(CF)c(-c4ncccn4)c3)n(-c3ccccc3)nc2c1. The molecule has 0 saturated heterocycles. The number of nitrogens with zero attached hydrogens (tertiary/aromatic N) is 5. The zero-order chi connectivity index (χ0) is 24.4. The first-order chi connectivity index (χ1) is 17.0. The van der Waals surface area contributed by atoms with Gasteiger partial charge in [-0.1, -0.05) is 24.3 Å². The van der Waals surface area contributed by atoms with E-state index in [1.54, 1.807) is 24.5 Å². The Kier molecular flexibility index (Phi) is 5.68. The molecule has 3 aromatic heterocycles. The predicted molar refractivity (Wildman–Crippen MR) is 128 cm³/mol. The fourth-order valence-corrected chi connectivity index (χ4v) is 3.63. The zero-order valence-electron chi connectivity index (χ0n) is 18.2. The van der Waals surface area contributed by atoms with Gasteiger partial charge < -0.3 is 11.1 Å². The molecule has 2 amide bonds. The maximum Gasteiger partial charge on any atom is 0.256 e. The van der Waals surface area contributed by atoms with Crippen LogP contribution in [-0.2, 0) is 6.67 Å². The van der Waals surface area contributed by atoms with Gasteiger partial charge in [0.05, 0.1) is 11.3 Å². The normalized spacial score (nSPS) is 10.9. The van der Waals surface area contributed by atoms with Gasteiger partial charge in [-0.3, -0.25) is 9.59 Å². The second-order valence-corrected chi connectivity index (χ2v) is 7.58. The molecule has 3 N–H and O–H groups in total. The van der Waals surface area contributed by atoms with Crippen molar-refractivity contribution in [3.63, 3.8) is 0 Å². The number of aromatic nitrogens is 5. The van der Waals surface area contributed by atoms with E-state index in [1.165, 1.54) is 29.1 Å². The molecular weight excluding hydrogens is 449 g/mol. The second-order valence-electron chi connectivity index (χ2n) is 7.58. The number of hydrogen-bond acceptors (Lipinski definition) is 6. The smallest absolute Gasteiger partial charge is 0.256 e. The van der Waals surface area contributed by atoms with Gasteiger partial charge in [0.1, 0.15) is 17.7 Å². The molecule has 0 atom stereocenters. The molecule has 0 aliphatic rings. The Hall–Kier alpha value is -4.99. The lowest BCUT2D eigenvalue weighted by molar-refractivity contribution is 0.0997. The first-order valence-corrected chi connectivity index (χ1v) is 10.6. The molecule has 0 aliphatic heterocycles.